The van der Waals surface area contributed by atoms with Gasteiger partial charge in [0.25, 0.3) is 11.8 Å². The molecule has 1 fully saturated rings. The van der Waals surface area contributed by atoms with Gasteiger partial charge >= 0.3 is 0 Å². The third-order valence-electron chi connectivity index (χ3n) is 4.31. The lowest BCUT2D eigenvalue weighted by molar-refractivity contribution is -0.123. The van der Waals surface area contributed by atoms with Crippen LogP contribution in [0, 0.1) is 0 Å². The maximum absolute atomic E-state index is 12.8. The molecular weight excluding hydrogens is 414 g/mol. The van der Waals surface area contributed by atoms with E-state index in [4.69, 9.17) is 0 Å². The Bertz CT molecular complexity index is 932. The SMILES string of the molecule is O=C(CN1N=N[C@@H]2C(=O)N(c3ccc(Br)cc3)C(=O)[C@H]21)Nc1ccccc1. The predicted octanol–water partition coefficient (Wildman–Crippen LogP) is 2.38. The van der Waals surface area contributed by atoms with Gasteiger partial charge in [-0.15, -0.1) is 0 Å². The van der Waals surface area contributed by atoms with Crippen molar-refractivity contribution in [2.45, 2.75) is 12.1 Å². The molecule has 27 heavy (non-hydrogen) atoms. The molecule has 0 spiro atoms. The number of carbonyl (C=O) groups excluding carboxylic acids is 3. The fourth-order valence-electron chi connectivity index (χ4n) is 3.07. The molecule has 0 aromatic heterocycles. The Morgan fingerprint density at radius 1 is 1.04 bits per heavy atom. The predicted molar refractivity (Wildman–Crippen MR) is 101 cm³/mol. The van der Waals surface area contributed by atoms with Gasteiger partial charge in [0.05, 0.1) is 5.69 Å². The lowest BCUT2D eigenvalue weighted by Gasteiger charge is -2.20. The molecule has 2 heterocycles. The van der Waals surface area contributed by atoms with E-state index >= 15 is 0 Å². The molecule has 3 amide bonds. The highest BCUT2D eigenvalue weighted by molar-refractivity contribution is 9.10. The van der Waals surface area contributed by atoms with E-state index in [1.807, 2.05) is 6.07 Å². The Labute approximate surface area is 163 Å². The second-order valence-corrected chi connectivity index (χ2v) is 7.01. The van der Waals surface area contributed by atoms with E-state index in [1.54, 1.807) is 48.5 Å². The number of benzene rings is 2. The molecule has 0 aliphatic carbocycles. The lowest BCUT2D eigenvalue weighted by atomic mass is 10.1. The van der Waals surface area contributed by atoms with Crippen molar-refractivity contribution in [3.05, 3.63) is 59.1 Å². The number of anilines is 2. The van der Waals surface area contributed by atoms with Gasteiger partial charge in [0.2, 0.25) is 5.91 Å². The Kier molecular flexibility index (Phi) is 4.44. The topological polar surface area (TPSA) is 94.4 Å². The minimum Gasteiger partial charge on any atom is -0.324 e. The quantitative estimate of drug-likeness (QED) is 0.757. The molecule has 0 unspecified atom stereocenters. The average molecular weight is 428 g/mol. The fraction of sp³-hybridized carbons (Fsp3) is 0.167. The van der Waals surface area contributed by atoms with E-state index in [2.05, 4.69) is 31.6 Å². The Morgan fingerprint density at radius 3 is 2.44 bits per heavy atom. The van der Waals surface area contributed by atoms with Crippen LogP contribution in [0.5, 0.6) is 0 Å². The van der Waals surface area contributed by atoms with E-state index in [-0.39, 0.29) is 12.5 Å². The first-order chi connectivity index (χ1) is 13.0. The normalized spacial score (nSPS) is 20.9. The maximum atomic E-state index is 12.8. The van der Waals surface area contributed by atoms with E-state index in [0.29, 0.717) is 11.4 Å². The van der Waals surface area contributed by atoms with Crippen LogP contribution in [-0.2, 0) is 14.4 Å². The summed E-state index contributed by atoms with van der Waals surface area (Å²) in [7, 11) is 0. The summed E-state index contributed by atoms with van der Waals surface area (Å²) in [6.07, 6.45) is 0. The monoisotopic (exact) mass is 427 g/mol. The number of nitrogens with zero attached hydrogens (tertiary/aromatic N) is 4. The molecule has 0 saturated carbocycles. The Morgan fingerprint density at radius 2 is 1.74 bits per heavy atom. The van der Waals surface area contributed by atoms with Crippen LogP contribution in [0.4, 0.5) is 11.4 Å². The zero-order valence-corrected chi connectivity index (χ0v) is 15.5. The van der Waals surface area contributed by atoms with Crippen molar-refractivity contribution in [1.82, 2.24) is 5.01 Å². The van der Waals surface area contributed by atoms with E-state index < -0.39 is 23.9 Å². The average Bonchev–Trinajstić information content (AvgIpc) is 3.17. The smallest absolute Gasteiger partial charge is 0.263 e. The van der Waals surface area contributed by atoms with Crippen LogP contribution in [0.25, 0.3) is 0 Å². The summed E-state index contributed by atoms with van der Waals surface area (Å²) >= 11 is 3.32. The van der Waals surface area contributed by atoms with Gasteiger partial charge in [0.1, 0.15) is 6.54 Å². The second kappa shape index (κ2) is 6.92. The van der Waals surface area contributed by atoms with Crippen molar-refractivity contribution in [2.24, 2.45) is 10.3 Å². The number of nitrogens with one attached hydrogen (secondary N) is 1. The largest absolute Gasteiger partial charge is 0.324 e. The van der Waals surface area contributed by atoms with Crippen molar-refractivity contribution >= 4 is 45.0 Å². The summed E-state index contributed by atoms with van der Waals surface area (Å²) in [5, 5.41) is 11.8. The summed E-state index contributed by atoms with van der Waals surface area (Å²) < 4.78 is 0.837. The fourth-order valence-corrected chi connectivity index (χ4v) is 3.33. The van der Waals surface area contributed by atoms with E-state index in [0.717, 1.165) is 9.37 Å². The summed E-state index contributed by atoms with van der Waals surface area (Å²) in [5.74, 6) is -1.23. The third kappa shape index (κ3) is 3.21. The van der Waals surface area contributed by atoms with Gasteiger partial charge in [-0.2, -0.15) is 5.11 Å². The molecule has 1 saturated heterocycles. The van der Waals surface area contributed by atoms with E-state index in [9.17, 15) is 14.4 Å². The van der Waals surface area contributed by atoms with E-state index in [1.165, 1.54) is 5.01 Å². The maximum Gasteiger partial charge on any atom is 0.263 e. The summed E-state index contributed by atoms with van der Waals surface area (Å²) in [5.41, 5.74) is 1.10. The highest BCUT2D eigenvalue weighted by atomic mass is 79.9. The standard InChI is InChI=1S/C18H14BrN5O3/c19-11-6-8-13(9-7-11)24-17(26)15-16(18(24)27)23(22-21-15)10-14(25)20-12-4-2-1-3-5-12/h1-9,15-16H,10H2,(H,20,25)/t15-,16-/m0/s1. The van der Waals surface area contributed by atoms with Crippen LogP contribution in [-0.4, -0.2) is 41.4 Å². The van der Waals surface area contributed by atoms with Crippen LogP contribution >= 0.6 is 15.9 Å². The van der Waals surface area contributed by atoms with Gasteiger partial charge in [0.15, 0.2) is 12.1 Å². The van der Waals surface area contributed by atoms with Gasteiger partial charge in [-0.3, -0.25) is 19.4 Å². The summed E-state index contributed by atoms with van der Waals surface area (Å²) in [4.78, 5) is 38.8. The van der Waals surface area contributed by atoms with Gasteiger partial charge in [0, 0.05) is 10.2 Å². The molecule has 0 radical (unpaired) electrons. The number of amides is 3. The third-order valence-corrected chi connectivity index (χ3v) is 4.83. The molecule has 0 bridgehead atoms. The zero-order chi connectivity index (χ0) is 19.0. The van der Waals surface area contributed by atoms with Crippen LogP contribution < -0.4 is 10.2 Å². The second-order valence-electron chi connectivity index (χ2n) is 6.09. The Hall–Kier alpha value is -3.07. The number of hydrogen-bond donors (Lipinski definition) is 1. The van der Waals surface area contributed by atoms with Crippen LogP contribution in [0.3, 0.4) is 0 Å². The molecular formula is C18H14BrN5O3. The highest BCUT2D eigenvalue weighted by Gasteiger charge is 2.55. The molecule has 2 aliphatic heterocycles. The van der Waals surface area contributed by atoms with Gasteiger partial charge in [-0.25, -0.2) is 4.90 Å². The van der Waals surface area contributed by atoms with Crippen LogP contribution in [0.2, 0.25) is 0 Å². The first-order valence-electron chi connectivity index (χ1n) is 8.20. The number of para-hydroxylation sites is 1. The number of carbonyl (C=O) groups is 3. The molecule has 2 aromatic carbocycles. The first kappa shape index (κ1) is 17.3. The number of imide groups is 1. The van der Waals surface area contributed by atoms with Crippen molar-refractivity contribution < 1.29 is 14.4 Å². The molecule has 136 valence electrons. The first-order valence-corrected chi connectivity index (χ1v) is 8.99. The lowest BCUT2D eigenvalue weighted by Crippen LogP contribution is -2.43. The summed E-state index contributed by atoms with van der Waals surface area (Å²) in [6, 6.07) is 14.0. The Balaban J connectivity index is 1.49. The van der Waals surface area contributed by atoms with Gasteiger partial charge in [-0.05, 0) is 36.4 Å². The molecule has 2 aliphatic rings. The molecule has 2 atom stereocenters. The van der Waals surface area contributed by atoms with Crippen molar-refractivity contribution in [3.8, 4) is 0 Å². The molecule has 9 heteroatoms. The molecule has 1 N–H and O–H groups in total. The van der Waals surface area contributed by atoms with Crippen LogP contribution in [0.1, 0.15) is 0 Å². The van der Waals surface area contributed by atoms with Crippen molar-refractivity contribution in [1.29, 1.82) is 0 Å². The van der Waals surface area contributed by atoms with Gasteiger partial charge < -0.3 is 5.32 Å². The number of rotatable bonds is 4. The van der Waals surface area contributed by atoms with Crippen molar-refractivity contribution in [2.75, 3.05) is 16.8 Å². The minimum absolute atomic E-state index is 0.174. The number of fused-ring (bicyclic) bond motifs is 1. The number of hydrogen-bond acceptors (Lipinski definition) is 6. The summed E-state index contributed by atoms with van der Waals surface area (Å²) in [6.45, 7) is -0.174. The minimum atomic E-state index is -0.925. The van der Waals surface area contributed by atoms with Crippen LogP contribution in [0.15, 0.2) is 69.4 Å². The highest BCUT2D eigenvalue weighted by Crippen LogP contribution is 2.32. The number of halogens is 1. The van der Waals surface area contributed by atoms with Crippen molar-refractivity contribution in [3.63, 3.8) is 0 Å². The van der Waals surface area contributed by atoms with Gasteiger partial charge in [-0.1, -0.05) is 39.4 Å². The molecule has 4 rings (SSSR count). The molecule has 8 nitrogen and oxygen atoms in total. The molecule has 2 aromatic rings. The zero-order valence-electron chi connectivity index (χ0n) is 13.9.